The van der Waals surface area contributed by atoms with Crippen molar-refractivity contribution in [1.82, 2.24) is 5.43 Å². The molecule has 0 bridgehead atoms. The van der Waals surface area contributed by atoms with E-state index in [4.69, 9.17) is 0 Å². The third-order valence-corrected chi connectivity index (χ3v) is 2.79. The highest BCUT2D eigenvalue weighted by atomic mass is 32.1. The van der Waals surface area contributed by atoms with Crippen LogP contribution in [0.15, 0.2) is 46.9 Å². The SMILES string of the molecule is O=C(N/N=C\c1cccs1)c1cccc(F)c1. The normalized spacial score (nSPS) is 10.6. The molecule has 0 fully saturated rings. The number of carbonyl (C=O) groups excluding carboxylic acids is 1. The Morgan fingerprint density at radius 1 is 1.35 bits per heavy atom. The fraction of sp³-hybridized carbons (Fsp3) is 0. The average molecular weight is 248 g/mol. The van der Waals surface area contributed by atoms with Crippen molar-refractivity contribution in [3.63, 3.8) is 0 Å². The minimum atomic E-state index is -0.445. The molecule has 0 saturated heterocycles. The molecule has 2 rings (SSSR count). The second-order valence-electron chi connectivity index (χ2n) is 3.22. The predicted octanol–water partition coefficient (Wildman–Crippen LogP) is 2.65. The largest absolute Gasteiger partial charge is 0.271 e. The molecule has 0 unspecified atom stereocenters. The standard InChI is InChI=1S/C12H9FN2OS/c13-10-4-1-3-9(7-10)12(16)15-14-8-11-5-2-6-17-11/h1-8H,(H,15,16)/b14-8-. The van der Waals surface area contributed by atoms with Gasteiger partial charge in [0.2, 0.25) is 0 Å². The molecule has 1 heterocycles. The lowest BCUT2D eigenvalue weighted by molar-refractivity contribution is 0.0954. The number of amides is 1. The summed E-state index contributed by atoms with van der Waals surface area (Å²) in [5, 5.41) is 5.70. The van der Waals surface area contributed by atoms with Crippen molar-refractivity contribution < 1.29 is 9.18 Å². The van der Waals surface area contributed by atoms with E-state index in [1.54, 1.807) is 6.21 Å². The van der Waals surface area contributed by atoms with Crippen molar-refractivity contribution >= 4 is 23.5 Å². The van der Waals surface area contributed by atoms with E-state index in [2.05, 4.69) is 10.5 Å². The lowest BCUT2D eigenvalue weighted by Crippen LogP contribution is -2.17. The summed E-state index contributed by atoms with van der Waals surface area (Å²) in [5.74, 6) is -0.878. The number of halogens is 1. The van der Waals surface area contributed by atoms with Gasteiger partial charge in [-0.05, 0) is 29.6 Å². The average Bonchev–Trinajstić information content (AvgIpc) is 2.82. The van der Waals surface area contributed by atoms with E-state index in [1.165, 1.54) is 29.5 Å². The summed E-state index contributed by atoms with van der Waals surface area (Å²) in [4.78, 5) is 12.5. The highest BCUT2D eigenvalue weighted by molar-refractivity contribution is 7.11. The second kappa shape index (κ2) is 5.36. The molecule has 1 N–H and O–H groups in total. The Morgan fingerprint density at radius 2 is 2.24 bits per heavy atom. The molecule has 2 aromatic rings. The third-order valence-electron chi connectivity index (χ3n) is 1.99. The molecule has 0 radical (unpaired) electrons. The van der Waals surface area contributed by atoms with Gasteiger partial charge in [0.15, 0.2) is 0 Å². The van der Waals surface area contributed by atoms with E-state index in [9.17, 15) is 9.18 Å². The minimum absolute atomic E-state index is 0.244. The van der Waals surface area contributed by atoms with Gasteiger partial charge in [0, 0.05) is 10.4 Å². The molecule has 0 aliphatic carbocycles. The summed E-state index contributed by atoms with van der Waals surface area (Å²) >= 11 is 1.51. The van der Waals surface area contributed by atoms with Crippen LogP contribution >= 0.6 is 11.3 Å². The number of hydrogen-bond acceptors (Lipinski definition) is 3. The van der Waals surface area contributed by atoms with Gasteiger partial charge in [-0.2, -0.15) is 5.10 Å². The third kappa shape index (κ3) is 3.22. The molecule has 86 valence electrons. The number of carbonyl (C=O) groups is 1. The summed E-state index contributed by atoms with van der Waals surface area (Å²) in [6.07, 6.45) is 1.54. The number of rotatable bonds is 3. The maximum atomic E-state index is 12.9. The van der Waals surface area contributed by atoms with Crippen LogP contribution in [0, 0.1) is 5.82 Å². The van der Waals surface area contributed by atoms with Crippen molar-refractivity contribution in [1.29, 1.82) is 0 Å². The van der Waals surface area contributed by atoms with Crippen LogP contribution in [0.5, 0.6) is 0 Å². The van der Waals surface area contributed by atoms with Gasteiger partial charge in [0.05, 0.1) is 6.21 Å². The molecule has 1 aromatic carbocycles. The van der Waals surface area contributed by atoms with Crippen LogP contribution in [-0.4, -0.2) is 12.1 Å². The van der Waals surface area contributed by atoms with Crippen molar-refractivity contribution in [3.05, 3.63) is 58.0 Å². The van der Waals surface area contributed by atoms with Crippen molar-refractivity contribution in [3.8, 4) is 0 Å². The Hall–Kier alpha value is -2.01. The van der Waals surface area contributed by atoms with E-state index >= 15 is 0 Å². The van der Waals surface area contributed by atoms with Gasteiger partial charge in [-0.25, -0.2) is 9.82 Å². The van der Waals surface area contributed by atoms with Crippen LogP contribution in [0.4, 0.5) is 4.39 Å². The highest BCUT2D eigenvalue weighted by Crippen LogP contribution is 2.05. The summed E-state index contributed by atoms with van der Waals surface area (Å²) in [6, 6.07) is 9.22. The molecule has 3 nitrogen and oxygen atoms in total. The van der Waals surface area contributed by atoms with Crippen LogP contribution in [0.2, 0.25) is 0 Å². The zero-order valence-electron chi connectivity index (χ0n) is 8.76. The first-order chi connectivity index (χ1) is 8.25. The Balaban J connectivity index is 1.98. The lowest BCUT2D eigenvalue weighted by Gasteiger charge is -1.98. The Kier molecular flexibility index (Phi) is 3.62. The van der Waals surface area contributed by atoms with Crippen molar-refractivity contribution in [2.75, 3.05) is 0 Å². The minimum Gasteiger partial charge on any atom is -0.267 e. The first kappa shape index (κ1) is 11.5. The quantitative estimate of drug-likeness (QED) is 0.658. The number of hydrazone groups is 1. The van der Waals surface area contributed by atoms with Crippen LogP contribution in [-0.2, 0) is 0 Å². The maximum absolute atomic E-state index is 12.9. The molecule has 17 heavy (non-hydrogen) atoms. The van der Waals surface area contributed by atoms with Crippen LogP contribution < -0.4 is 5.43 Å². The summed E-state index contributed by atoms with van der Waals surface area (Å²) in [5.41, 5.74) is 2.58. The van der Waals surface area contributed by atoms with Crippen LogP contribution in [0.25, 0.3) is 0 Å². The van der Waals surface area contributed by atoms with E-state index in [0.717, 1.165) is 10.9 Å². The molecule has 5 heteroatoms. The Morgan fingerprint density at radius 3 is 2.94 bits per heavy atom. The highest BCUT2D eigenvalue weighted by Gasteiger charge is 2.04. The van der Waals surface area contributed by atoms with Gasteiger partial charge in [-0.3, -0.25) is 4.79 Å². The number of nitrogens with one attached hydrogen (secondary N) is 1. The molecule has 0 spiro atoms. The summed E-state index contributed by atoms with van der Waals surface area (Å²) in [7, 11) is 0. The topological polar surface area (TPSA) is 41.5 Å². The second-order valence-corrected chi connectivity index (χ2v) is 4.20. The maximum Gasteiger partial charge on any atom is 0.271 e. The molecule has 1 aromatic heterocycles. The molecule has 0 atom stereocenters. The van der Waals surface area contributed by atoms with Crippen molar-refractivity contribution in [2.24, 2.45) is 5.10 Å². The molecule has 0 aliphatic heterocycles. The van der Waals surface area contributed by atoms with Gasteiger partial charge in [-0.15, -0.1) is 11.3 Å². The number of thiophene rings is 1. The molecule has 1 amide bonds. The van der Waals surface area contributed by atoms with Gasteiger partial charge < -0.3 is 0 Å². The number of benzene rings is 1. The fourth-order valence-electron chi connectivity index (χ4n) is 1.21. The molecule has 0 aliphatic rings. The van der Waals surface area contributed by atoms with Crippen LogP contribution in [0.1, 0.15) is 15.2 Å². The number of hydrogen-bond donors (Lipinski definition) is 1. The van der Waals surface area contributed by atoms with E-state index < -0.39 is 11.7 Å². The van der Waals surface area contributed by atoms with Gasteiger partial charge >= 0.3 is 0 Å². The molecule has 0 saturated carbocycles. The van der Waals surface area contributed by atoms with E-state index in [0.29, 0.717) is 0 Å². The predicted molar refractivity (Wildman–Crippen MR) is 65.8 cm³/mol. The van der Waals surface area contributed by atoms with E-state index in [1.807, 2.05) is 17.5 Å². The smallest absolute Gasteiger partial charge is 0.267 e. The fourth-order valence-corrected chi connectivity index (χ4v) is 1.80. The monoisotopic (exact) mass is 248 g/mol. The molecular weight excluding hydrogens is 239 g/mol. The Labute approximate surface area is 102 Å². The molecular formula is C12H9FN2OS. The van der Waals surface area contributed by atoms with E-state index in [-0.39, 0.29) is 5.56 Å². The summed E-state index contributed by atoms with van der Waals surface area (Å²) in [6.45, 7) is 0. The first-order valence-corrected chi connectivity index (χ1v) is 5.76. The van der Waals surface area contributed by atoms with Crippen LogP contribution in [0.3, 0.4) is 0 Å². The van der Waals surface area contributed by atoms with Gasteiger partial charge in [-0.1, -0.05) is 12.1 Å². The van der Waals surface area contributed by atoms with Crippen molar-refractivity contribution in [2.45, 2.75) is 0 Å². The Bertz CT molecular complexity index is 537. The lowest BCUT2D eigenvalue weighted by atomic mass is 10.2. The zero-order valence-corrected chi connectivity index (χ0v) is 9.58. The van der Waals surface area contributed by atoms with Gasteiger partial charge in [0.1, 0.15) is 5.82 Å². The van der Waals surface area contributed by atoms with Gasteiger partial charge in [0.25, 0.3) is 5.91 Å². The number of nitrogens with zero attached hydrogens (tertiary/aromatic N) is 1. The first-order valence-electron chi connectivity index (χ1n) is 4.88. The zero-order chi connectivity index (χ0) is 12.1. The summed E-state index contributed by atoms with van der Waals surface area (Å²) < 4.78 is 12.9.